The molecular weight excluding hydrogens is 280 g/mol. The van der Waals surface area contributed by atoms with Crippen molar-refractivity contribution in [2.45, 2.75) is 13.5 Å². The highest BCUT2D eigenvalue weighted by atomic mass is 35.5. The van der Waals surface area contributed by atoms with E-state index in [2.05, 4.69) is 5.32 Å². The molecule has 19 heavy (non-hydrogen) atoms. The second-order valence-corrected chi connectivity index (χ2v) is 6.16. The molecule has 0 aliphatic rings. The van der Waals surface area contributed by atoms with E-state index in [4.69, 9.17) is 11.6 Å². The Morgan fingerprint density at radius 3 is 2.79 bits per heavy atom. The van der Waals surface area contributed by atoms with E-state index in [9.17, 15) is 4.79 Å². The average Bonchev–Trinajstić information content (AvgIpc) is 2.74. The van der Waals surface area contributed by atoms with E-state index < -0.39 is 0 Å². The number of carbonyl (C=O) groups is 1. The van der Waals surface area contributed by atoms with Crippen LogP contribution in [0, 0.1) is 6.92 Å². The van der Waals surface area contributed by atoms with Gasteiger partial charge in [-0.3, -0.25) is 0 Å². The number of nitrogens with zero attached hydrogens (tertiary/aromatic N) is 1. The second-order valence-electron chi connectivity index (χ2n) is 4.36. The minimum Gasteiger partial charge on any atom is -0.322 e. The summed E-state index contributed by atoms with van der Waals surface area (Å²) < 4.78 is 0.738. The molecule has 3 nitrogen and oxygen atoms in total. The van der Waals surface area contributed by atoms with Crippen molar-refractivity contribution in [2.75, 3.05) is 12.4 Å². The zero-order valence-corrected chi connectivity index (χ0v) is 12.4. The molecule has 1 aromatic carbocycles. The lowest BCUT2D eigenvalue weighted by atomic mass is 10.2. The summed E-state index contributed by atoms with van der Waals surface area (Å²) in [6.07, 6.45) is 0. The lowest BCUT2D eigenvalue weighted by Crippen LogP contribution is -2.30. The first-order valence-electron chi connectivity index (χ1n) is 5.87. The fourth-order valence-corrected chi connectivity index (χ4v) is 2.83. The number of halogens is 1. The van der Waals surface area contributed by atoms with Crippen LogP contribution in [-0.4, -0.2) is 18.0 Å². The number of thiophene rings is 1. The summed E-state index contributed by atoms with van der Waals surface area (Å²) in [5, 5.41) is 2.87. The summed E-state index contributed by atoms with van der Waals surface area (Å²) in [4.78, 5) is 14.7. The van der Waals surface area contributed by atoms with Crippen molar-refractivity contribution in [3.05, 3.63) is 51.2 Å². The molecule has 1 N–H and O–H groups in total. The van der Waals surface area contributed by atoms with Crippen LogP contribution in [0.3, 0.4) is 0 Å². The van der Waals surface area contributed by atoms with Gasteiger partial charge in [0.1, 0.15) is 0 Å². The number of hydrogen-bond acceptors (Lipinski definition) is 2. The van der Waals surface area contributed by atoms with Crippen molar-refractivity contribution in [3.63, 3.8) is 0 Å². The molecule has 0 aliphatic heterocycles. The van der Waals surface area contributed by atoms with Gasteiger partial charge in [0.25, 0.3) is 0 Å². The molecule has 5 heteroatoms. The van der Waals surface area contributed by atoms with E-state index in [-0.39, 0.29) is 6.03 Å². The summed E-state index contributed by atoms with van der Waals surface area (Å²) in [6.45, 7) is 2.54. The molecule has 0 bridgehead atoms. The third kappa shape index (κ3) is 3.98. The maximum Gasteiger partial charge on any atom is 0.321 e. The highest BCUT2D eigenvalue weighted by Gasteiger charge is 2.10. The van der Waals surface area contributed by atoms with Gasteiger partial charge in [0, 0.05) is 17.6 Å². The van der Waals surface area contributed by atoms with Gasteiger partial charge >= 0.3 is 6.03 Å². The smallest absolute Gasteiger partial charge is 0.321 e. The number of anilines is 1. The normalized spacial score (nSPS) is 10.3. The Hall–Kier alpha value is -1.52. The van der Waals surface area contributed by atoms with Crippen LogP contribution in [0.4, 0.5) is 10.5 Å². The molecule has 2 rings (SSSR count). The van der Waals surface area contributed by atoms with E-state index >= 15 is 0 Å². The topological polar surface area (TPSA) is 32.3 Å². The van der Waals surface area contributed by atoms with Crippen molar-refractivity contribution in [3.8, 4) is 0 Å². The first-order chi connectivity index (χ1) is 9.04. The largest absolute Gasteiger partial charge is 0.322 e. The van der Waals surface area contributed by atoms with E-state index in [0.29, 0.717) is 6.54 Å². The van der Waals surface area contributed by atoms with Gasteiger partial charge in [-0.05, 0) is 36.8 Å². The minimum atomic E-state index is -0.130. The summed E-state index contributed by atoms with van der Waals surface area (Å²) in [5.74, 6) is 0. The van der Waals surface area contributed by atoms with Crippen molar-refractivity contribution in [1.82, 2.24) is 4.90 Å². The molecule has 0 atom stereocenters. The minimum absolute atomic E-state index is 0.130. The van der Waals surface area contributed by atoms with Crippen LogP contribution in [0.2, 0.25) is 4.34 Å². The number of carbonyl (C=O) groups excluding carboxylic acids is 1. The molecule has 0 spiro atoms. The SMILES string of the molecule is Cc1cccc(NC(=O)N(C)Cc2ccc(Cl)s2)c1. The number of urea groups is 1. The molecule has 0 saturated carbocycles. The maximum absolute atomic E-state index is 12.0. The van der Waals surface area contributed by atoms with Crippen LogP contribution in [0.5, 0.6) is 0 Å². The molecule has 0 radical (unpaired) electrons. The summed E-state index contributed by atoms with van der Waals surface area (Å²) in [6, 6.07) is 11.4. The molecule has 2 amide bonds. The van der Waals surface area contributed by atoms with Crippen LogP contribution in [0.25, 0.3) is 0 Å². The predicted octanol–water partition coefficient (Wildman–Crippen LogP) is 4.37. The maximum atomic E-state index is 12.0. The number of benzene rings is 1. The van der Waals surface area contributed by atoms with E-state index in [0.717, 1.165) is 20.5 Å². The van der Waals surface area contributed by atoms with Gasteiger partial charge in [0.2, 0.25) is 0 Å². The fraction of sp³-hybridized carbons (Fsp3) is 0.214. The summed E-state index contributed by atoms with van der Waals surface area (Å²) in [5.41, 5.74) is 1.92. The number of rotatable bonds is 3. The molecular formula is C14H15ClN2OS. The van der Waals surface area contributed by atoms with Gasteiger partial charge in [-0.1, -0.05) is 23.7 Å². The lowest BCUT2D eigenvalue weighted by Gasteiger charge is -2.17. The van der Waals surface area contributed by atoms with Crippen LogP contribution in [0.1, 0.15) is 10.4 Å². The standard InChI is InChI=1S/C14H15ClN2OS/c1-10-4-3-5-11(8-10)16-14(18)17(2)9-12-6-7-13(15)19-12/h3-8H,9H2,1-2H3,(H,16,18). The van der Waals surface area contributed by atoms with E-state index in [1.807, 2.05) is 43.3 Å². The molecule has 0 saturated heterocycles. The van der Waals surface area contributed by atoms with Gasteiger partial charge in [-0.15, -0.1) is 11.3 Å². The monoisotopic (exact) mass is 294 g/mol. The highest BCUT2D eigenvalue weighted by Crippen LogP contribution is 2.22. The molecule has 0 unspecified atom stereocenters. The first-order valence-corrected chi connectivity index (χ1v) is 7.07. The average molecular weight is 295 g/mol. The number of amides is 2. The number of aryl methyl sites for hydroxylation is 1. The van der Waals surface area contributed by atoms with Crippen LogP contribution in [-0.2, 0) is 6.54 Å². The van der Waals surface area contributed by atoms with Crippen molar-refractivity contribution in [1.29, 1.82) is 0 Å². The van der Waals surface area contributed by atoms with Gasteiger partial charge in [0.15, 0.2) is 0 Å². The summed E-state index contributed by atoms with van der Waals surface area (Å²) in [7, 11) is 1.76. The molecule has 1 aromatic heterocycles. The predicted molar refractivity (Wildman–Crippen MR) is 81.0 cm³/mol. The molecule has 2 aromatic rings. The van der Waals surface area contributed by atoms with Gasteiger partial charge < -0.3 is 10.2 Å². The molecule has 100 valence electrons. The van der Waals surface area contributed by atoms with Gasteiger partial charge in [0.05, 0.1) is 10.9 Å². The van der Waals surface area contributed by atoms with E-state index in [1.54, 1.807) is 11.9 Å². The third-order valence-electron chi connectivity index (χ3n) is 2.64. The van der Waals surface area contributed by atoms with Crippen molar-refractivity contribution >= 4 is 34.7 Å². The molecule has 0 fully saturated rings. The quantitative estimate of drug-likeness (QED) is 0.895. The Morgan fingerprint density at radius 1 is 1.37 bits per heavy atom. The second kappa shape index (κ2) is 6.08. The van der Waals surface area contributed by atoms with Crippen LogP contribution < -0.4 is 5.32 Å². The van der Waals surface area contributed by atoms with Crippen molar-refractivity contribution < 1.29 is 4.79 Å². The highest BCUT2D eigenvalue weighted by molar-refractivity contribution is 7.16. The number of nitrogens with one attached hydrogen (secondary N) is 1. The molecule has 0 aliphatic carbocycles. The first kappa shape index (κ1) is 13.9. The summed E-state index contributed by atoms with van der Waals surface area (Å²) >= 11 is 7.36. The van der Waals surface area contributed by atoms with Gasteiger partial charge in [-0.25, -0.2) is 4.79 Å². The Balaban J connectivity index is 1.96. The Morgan fingerprint density at radius 2 is 2.16 bits per heavy atom. The fourth-order valence-electron chi connectivity index (χ4n) is 1.68. The lowest BCUT2D eigenvalue weighted by molar-refractivity contribution is 0.221. The zero-order valence-electron chi connectivity index (χ0n) is 10.8. The van der Waals surface area contributed by atoms with Crippen LogP contribution in [0.15, 0.2) is 36.4 Å². The number of hydrogen-bond donors (Lipinski definition) is 1. The van der Waals surface area contributed by atoms with E-state index in [1.165, 1.54) is 11.3 Å². The van der Waals surface area contributed by atoms with Crippen molar-refractivity contribution in [2.24, 2.45) is 0 Å². The van der Waals surface area contributed by atoms with Crippen LogP contribution >= 0.6 is 22.9 Å². The third-order valence-corrected chi connectivity index (χ3v) is 3.85. The zero-order chi connectivity index (χ0) is 13.8. The Bertz CT molecular complexity index is 582. The van der Waals surface area contributed by atoms with Gasteiger partial charge in [-0.2, -0.15) is 0 Å². The molecule has 1 heterocycles. The Kier molecular flexibility index (Phi) is 4.45. The Labute approximate surface area is 121 Å².